The summed E-state index contributed by atoms with van der Waals surface area (Å²) in [5.41, 5.74) is 2.57. The zero-order chi connectivity index (χ0) is 18.6. The number of hydrogen-bond acceptors (Lipinski definition) is 4. The van der Waals surface area contributed by atoms with Gasteiger partial charge in [-0.1, -0.05) is 30.3 Å². The molecule has 4 rings (SSSR count). The maximum atomic E-state index is 12.4. The molecule has 0 spiro atoms. The highest BCUT2D eigenvalue weighted by Crippen LogP contribution is 2.20. The largest absolute Gasteiger partial charge is 0.457 e. The summed E-state index contributed by atoms with van der Waals surface area (Å²) in [5, 5.41) is 2.77. The van der Waals surface area contributed by atoms with Crippen LogP contribution in [0.15, 0.2) is 54.6 Å². The van der Waals surface area contributed by atoms with Gasteiger partial charge in [0.1, 0.15) is 6.10 Å². The molecule has 2 aliphatic heterocycles. The van der Waals surface area contributed by atoms with Gasteiger partial charge in [0.05, 0.1) is 5.56 Å². The molecule has 2 saturated heterocycles. The Morgan fingerprint density at radius 2 is 1.85 bits per heavy atom. The van der Waals surface area contributed by atoms with Crippen molar-refractivity contribution in [3.63, 3.8) is 0 Å². The molecule has 2 aliphatic rings. The number of esters is 1. The molecule has 0 saturated carbocycles. The van der Waals surface area contributed by atoms with E-state index in [1.54, 1.807) is 29.2 Å². The molecule has 140 valence electrons. The van der Waals surface area contributed by atoms with Crippen LogP contribution in [0.1, 0.15) is 22.3 Å². The first kappa shape index (κ1) is 17.5. The van der Waals surface area contributed by atoms with Crippen LogP contribution < -0.4 is 10.2 Å². The molecule has 2 amide bonds. The molecule has 27 heavy (non-hydrogen) atoms. The Kier molecular flexibility index (Phi) is 5.07. The van der Waals surface area contributed by atoms with Gasteiger partial charge in [-0.3, -0.25) is 9.80 Å². The fraction of sp³-hybridized carbons (Fsp3) is 0.333. The Morgan fingerprint density at radius 1 is 1.07 bits per heavy atom. The van der Waals surface area contributed by atoms with E-state index >= 15 is 0 Å². The average molecular weight is 365 g/mol. The molecule has 0 unspecified atom stereocenters. The van der Waals surface area contributed by atoms with Gasteiger partial charge in [0.25, 0.3) is 0 Å². The number of nitrogens with one attached hydrogen (secondary N) is 1. The number of carbonyl (C=O) groups is 2. The molecule has 2 aromatic carbocycles. The van der Waals surface area contributed by atoms with Gasteiger partial charge in [-0.05, 0) is 36.2 Å². The minimum Gasteiger partial charge on any atom is -0.457 e. The fourth-order valence-corrected chi connectivity index (χ4v) is 3.59. The van der Waals surface area contributed by atoms with E-state index in [1.807, 2.05) is 18.2 Å². The lowest BCUT2D eigenvalue weighted by molar-refractivity contribution is 0.0320. The van der Waals surface area contributed by atoms with Gasteiger partial charge in [-0.2, -0.15) is 0 Å². The Balaban J connectivity index is 1.31. The van der Waals surface area contributed by atoms with Crippen molar-refractivity contribution in [2.75, 3.05) is 31.1 Å². The van der Waals surface area contributed by atoms with Crippen molar-refractivity contribution in [1.82, 2.24) is 10.2 Å². The molecule has 1 atom stereocenters. The van der Waals surface area contributed by atoms with Crippen LogP contribution >= 0.6 is 0 Å². The molecule has 2 aromatic rings. The van der Waals surface area contributed by atoms with E-state index in [1.165, 1.54) is 5.56 Å². The Hall–Kier alpha value is -2.86. The van der Waals surface area contributed by atoms with Gasteiger partial charge < -0.3 is 10.1 Å². The highest BCUT2D eigenvalue weighted by Gasteiger charge is 2.26. The van der Waals surface area contributed by atoms with Crippen LogP contribution in [-0.2, 0) is 11.3 Å². The van der Waals surface area contributed by atoms with E-state index in [4.69, 9.17) is 4.74 Å². The normalized spacial score (nSPS) is 19.9. The van der Waals surface area contributed by atoms with E-state index in [0.29, 0.717) is 18.7 Å². The molecule has 6 nitrogen and oxygen atoms in total. The first-order chi connectivity index (χ1) is 13.2. The first-order valence-electron chi connectivity index (χ1n) is 9.32. The van der Waals surface area contributed by atoms with Crippen molar-refractivity contribution in [3.8, 4) is 0 Å². The van der Waals surface area contributed by atoms with Crippen LogP contribution in [0.5, 0.6) is 0 Å². The fourth-order valence-electron chi connectivity index (χ4n) is 3.59. The summed E-state index contributed by atoms with van der Waals surface area (Å²) in [7, 11) is 0. The third-order valence-electron chi connectivity index (χ3n) is 5.02. The summed E-state index contributed by atoms with van der Waals surface area (Å²) in [4.78, 5) is 28.1. The minimum atomic E-state index is -0.306. The van der Waals surface area contributed by atoms with Crippen molar-refractivity contribution in [1.29, 1.82) is 0 Å². The summed E-state index contributed by atoms with van der Waals surface area (Å²) in [6.07, 6.45) is 0.773. The Morgan fingerprint density at radius 3 is 2.56 bits per heavy atom. The number of benzene rings is 2. The number of carbonyl (C=O) groups excluding carboxylic acids is 2. The van der Waals surface area contributed by atoms with Crippen molar-refractivity contribution in [2.45, 2.75) is 19.1 Å². The maximum Gasteiger partial charge on any atom is 0.338 e. The van der Waals surface area contributed by atoms with Crippen molar-refractivity contribution in [2.24, 2.45) is 0 Å². The lowest BCUT2D eigenvalue weighted by atomic mass is 10.2. The monoisotopic (exact) mass is 365 g/mol. The van der Waals surface area contributed by atoms with E-state index in [9.17, 15) is 9.59 Å². The highest BCUT2D eigenvalue weighted by molar-refractivity contribution is 5.95. The SMILES string of the molecule is O=C(O[C@@H]1CCN(Cc2ccccc2)C1)c1ccc(N2CCNC2=O)cc1. The number of nitrogens with zero attached hydrogens (tertiary/aromatic N) is 2. The number of anilines is 1. The van der Waals surface area contributed by atoms with Crippen LogP contribution in [0.25, 0.3) is 0 Å². The van der Waals surface area contributed by atoms with Gasteiger partial charge in [-0.15, -0.1) is 0 Å². The number of hydrogen-bond donors (Lipinski definition) is 1. The van der Waals surface area contributed by atoms with Crippen LogP contribution in [0, 0.1) is 0 Å². The van der Waals surface area contributed by atoms with Crippen molar-refractivity contribution in [3.05, 3.63) is 65.7 Å². The van der Waals surface area contributed by atoms with E-state index in [2.05, 4.69) is 22.3 Å². The Bertz CT molecular complexity index is 807. The second-order valence-corrected chi connectivity index (χ2v) is 6.97. The van der Waals surface area contributed by atoms with Crippen LogP contribution in [-0.4, -0.2) is 49.2 Å². The molecular formula is C21H23N3O3. The smallest absolute Gasteiger partial charge is 0.338 e. The second kappa shape index (κ2) is 7.80. The quantitative estimate of drug-likeness (QED) is 0.828. The maximum absolute atomic E-state index is 12.4. The standard InChI is InChI=1S/C21H23N3O3/c25-20(17-6-8-18(9-7-17)24-13-11-22-21(24)26)27-19-10-12-23(15-19)14-16-4-2-1-3-5-16/h1-9,19H,10-15H2,(H,22,26)/t19-/m1/s1. The van der Waals surface area contributed by atoms with E-state index in [-0.39, 0.29) is 18.1 Å². The van der Waals surface area contributed by atoms with Crippen molar-refractivity contribution >= 4 is 17.7 Å². The lowest BCUT2D eigenvalue weighted by Gasteiger charge is -2.17. The summed E-state index contributed by atoms with van der Waals surface area (Å²) < 4.78 is 5.68. The molecule has 0 aromatic heterocycles. The second-order valence-electron chi connectivity index (χ2n) is 6.97. The van der Waals surface area contributed by atoms with E-state index < -0.39 is 0 Å². The molecule has 1 N–H and O–H groups in total. The molecule has 0 aliphatic carbocycles. The number of amides is 2. The number of urea groups is 1. The van der Waals surface area contributed by atoms with Gasteiger partial charge >= 0.3 is 12.0 Å². The number of likely N-dealkylation sites (tertiary alicyclic amines) is 1. The predicted octanol–water partition coefficient (Wildman–Crippen LogP) is 2.65. The molecule has 6 heteroatoms. The minimum absolute atomic E-state index is 0.0785. The van der Waals surface area contributed by atoms with Gasteiger partial charge in [0, 0.05) is 38.4 Å². The molecule has 2 heterocycles. The van der Waals surface area contributed by atoms with Gasteiger partial charge in [0.15, 0.2) is 0 Å². The molecule has 0 bridgehead atoms. The van der Waals surface area contributed by atoms with Gasteiger partial charge in [0.2, 0.25) is 0 Å². The molecule has 2 fully saturated rings. The van der Waals surface area contributed by atoms with Crippen LogP contribution in [0.3, 0.4) is 0 Å². The van der Waals surface area contributed by atoms with Crippen LogP contribution in [0.2, 0.25) is 0 Å². The highest BCUT2D eigenvalue weighted by atomic mass is 16.5. The van der Waals surface area contributed by atoms with Crippen molar-refractivity contribution < 1.29 is 14.3 Å². The summed E-state index contributed by atoms with van der Waals surface area (Å²) in [5.74, 6) is -0.306. The van der Waals surface area contributed by atoms with Crippen LogP contribution in [0.4, 0.5) is 10.5 Å². The predicted molar refractivity (Wildman–Crippen MR) is 103 cm³/mol. The zero-order valence-corrected chi connectivity index (χ0v) is 15.1. The number of ether oxygens (including phenoxy) is 1. The first-order valence-corrected chi connectivity index (χ1v) is 9.32. The van der Waals surface area contributed by atoms with Gasteiger partial charge in [-0.25, -0.2) is 9.59 Å². The zero-order valence-electron chi connectivity index (χ0n) is 15.1. The molecule has 0 radical (unpaired) electrons. The summed E-state index contributed by atoms with van der Waals surface area (Å²) >= 11 is 0. The topological polar surface area (TPSA) is 61.9 Å². The summed E-state index contributed by atoms with van der Waals surface area (Å²) in [6, 6.07) is 17.2. The molecular weight excluding hydrogens is 342 g/mol. The number of rotatable bonds is 5. The third-order valence-corrected chi connectivity index (χ3v) is 5.02. The lowest BCUT2D eigenvalue weighted by Crippen LogP contribution is -2.27. The van der Waals surface area contributed by atoms with E-state index in [0.717, 1.165) is 31.7 Å². The Labute approximate surface area is 158 Å². The summed E-state index contributed by atoms with van der Waals surface area (Å²) in [6.45, 7) is 3.84. The third kappa shape index (κ3) is 4.11. The average Bonchev–Trinajstić information content (AvgIpc) is 3.31.